The van der Waals surface area contributed by atoms with Crippen molar-refractivity contribution in [1.82, 2.24) is 14.5 Å². The summed E-state index contributed by atoms with van der Waals surface area (Å²) in [6, 6.07) is 7.69. The molecule has 32 heavy (non-hydrogen) atoms. The molecular weight excluding hydrogens is 443 g/mol. The Morgan fingerprint density at radius 1 is 0.875 bits per heavy atom. The van der Waals surface area contributed by atoms with E-state index in [1.54, 1.807) is 0 Å². The van der Waals surface area contributed by atoms with E-state index in [1.807, 2.05) is 17.0 Å². The molecule has 0 radical (unpaired) electrons. The topological polar surface area (TPSA) is 69.6 Å². The van der Waals surface area contributed by atoms with Crippen LogP contribution in [0.5, 0.6) is 0 Å². The molecule has 0 saturated carbocycles. The van der Waals surface area contributed by atoms with Crippen LogP contribution in [0, 0.1) is 5.92 Å². The van der Waals surface area contributed by atoms with E-state index in [4.69, 9.17) is 0 Å². The molecule has 2 aliphatic rings. The average Bonchev–Trinajstić information content (AvgIpc) is 2.79. The van der Waals surface area contributed by atoms with Crippen molar-refractivity contribution in [3.8, 4) is 0 Å². The number of piperazine rings is 1. The summed E-state index contributed by atoms with van der Waals surface area (Å²) in [7, 11) is -4.01. The summed E-state index contributed by atoms with van der Waals surface area (Å²) in [5, 5.41) is 8.67. The number of hydrogen-bond donors (Lipinski definition) is 0. The molecule has 174 valence electrons. The van der Waals surface area contributed by atoms with Gasteiger partial charge in [0.25, 0.3) is 0 Å². The third kappa shape index (κ3) is 4.83. The number of anilines is 2. The van der Waals surface area contributed by atoms with Gasteiger partial charge in [0.05, 0.1) is 10.5 Å². The molecule has 0 unspecified atom stereocenters. The number of alkyl halides is 3. The van der Waals surface area contributed by atoms with E-state index in [0.717, 1.165) is 49.8 Å². The molecule has 4 rings (SSSR count). The van der Waals surface area contributed by atoms with E-state index < -0.39 is 21.8 Å². The highest BCUT2D eigenvalue weighted by Gasteiger charge is 2.34. The molecule has 0 atom stereocenters. The number of nitrogens with zero attached hydrogens (tertiary/aromatic N) is 5. The van der Waals surface area contributed by atoms with Crippen LogP contribution in [-0.4, -0.2) is 62.2 Å². The minimum absolute atomic E-state index is 0.159. The van der Waals surface area contributed by atoms with Gasteiger partial charge in [-0.2, -0.15) is 17.5 Å². The van der Waals surface area contributed by atoms with Crippen molar-refractivity contribution in [1.29, 1.82) is 0 Å². The molecule has 2 aromatic rings. The molecule has 2 fully saturated rings. The van der Waals surface area contributed by atoms with Crippen molar-refractivity contribution in [3.05, 3.63) is 42.0 Å². The number of rotatable bonds is 4. The SMILES string of the molecule is CC1CCN(c2ccc(N3CCN(S(=O)(=O)c4cccc(C(F)(F)F)c4)CC3)nn2)CC1. The summed E-state index contributed by atoms with van der Waals surface area (Å²) in [5.41, 5.74) is -0.976. The highest BCUT2D eigenvalue weighted by molar-refractivity contribution is 7.89. The number of piperidine rings is 1. The summed E-state index contributed by atoms with van der Waals surface area (Å²) in [6.45, 7) is 5.25. The largest absolute Gasteiger partial charge is 0.416 e. The van der Waals surface area contributed by atoms with Gasteiger partial charge < -0.3 is 9.80 Å². The first kappa shape index (κ1) is 22.8. The zero-order valence-electron chi connectivity index (χ0n) is 17.8. The lowest BCUT2D eigenvalue weighted by molar-refractivity contribution is -0.137. The van der Waals surface area contributed by atoms with Crippen molar-refractivity contribution < 1.29 is 21.6 Å². The summed E-state index contributed by atoms with van der Waals surface area (Å²) in [5.74, 6) is 2.23. The van der Waals surface area contributed by atoms with Crippen LogP contribution in [0.3, 0.4) is 0 Å². The second-order valence-corrected chi connectivity index (χ2v) is 10.3. The van der Waals surface area contributed by atoms with Crippen molar-refractivity contribution in [2.24, 2.45) is 5.92 Å². The molecule has 3 heterocycles. The Labute approximate surface area is 185 Å². The van der Waals surface area contributed by atoms with E-state index in [1.165, 1.54) is 10.4 Å². The Bertz CT molecular complexity index is 1030. The Balaban J connectivity index is 1.40. The maximum atomic E-state index is 13.0. The van der Waals surface area contributed by atoms with Gasteiger partial charge in [-0.3, -0.25) is 0 Å². The minimum atomic E-state index is -4.60. The van der Waals surface area contributed by atoms with Gasteiger partial charge in [-0.1, -0.05) is 13.0 Å². The van der Waals surface area contributed by atoms with Gasteiger partial charge in [-0.25, -0.2) is 8.42 Å². The normalized spacial score (nSPS) is 19.4. The number of aromatic nitrogens is 2. The van der Waals surface area contributed by atoms with Crippen LogP contribution in [0.15, 0.2) is 41.3 Å². The maximum absolute atomic E-state index is 13.0. The molecule has 0 N–H and O–H groups in total. The molecule has 0 aliphatic carbocycles. The van der Waals surface area contributed by atoms with Crippen LogP contribution in [0.2, 0.25) is 0 Å². The average molecular weight is 470 g/mol. The molecule has 0 amide bonds. The third-order valence-corrected chi connectivity index (χ3v) is 8.00. The monoisotopic (exact) mass is 469 g/mol. The summed E-state index contributed by atoms with van der Waals surface area (Å²) >= 11 is 0. The van der Waals surface area contributed by atoms with Gasteiger partial charge in [0, 0.05) is 39.3 Å². The third-order valence-electron chi connectivity index (χ3n) is 6.11. The van der Waals surface area contributed by atoms with Gasteiger partial charge in [-0.15, -0.1) is 10.2 Å². The number of sulfonamides is 1. The predicted molar refractivity (Wildman–Crippen MR) is 115 cm³/mol. The van der Waals surface area contributed by atoms with E-state index in [-0.39, 0.29) is 18.0 Å². The first-order chi connectivity index (χ1) is 15.1. The molecule has 1 aromatic heterocycles. The van der Waals surface area contributed by atoms with Gasteiger partial charge in [0.1, 0.15) is 0 Å². The fraction of sp³-hybridized carbons (Fsp3) is 0.524. The Kier molecular flexibility index (Phi) is 6.30. The van der Waals surface area contributed by atoms with Gasteiger partial charge in [0.2, 0.25) is 10.0 Å². The molecule has 2 saturated heterocycles. The van der Waals surface area contributed by atoms with E-state index >= 15 is 0 Å². The lowest BCUT2D eigenvalue weighted by Crippen LogP contribution is -2.49. The Morgan fingerprint density at radius 3 is 1.97 bits per heavy atom. The van der Waals surface area contributed by atoms with Crippen molar-refractivity contribution in [3.63, 3.8) is 0 Å². The van der Waals surface area contributed by atoms with E-state index in [2.05, 4.69) is 22.0 Å². The van der Waals surface area contributed by atoms with Crippen LogP contribution >= 0.6 is 0 Å². The van der Waals surface area contributed by atoms with E-state index in [0.29, 0.717) is 25.0 Å². The van der Waals surface area contributed by atoms with E-state index in [9.17, 15) is 21.6 Å². The zero-order chi connectivity index (χ0) is 22.9. The van der Waals surface area contributed by atoms with Gasteiger partial charge >= 0.3 is 6.18 Å². The molecule has 0 spiro atoms. The second-order valence-electron chi connectivity index (χ2n) is 8.34. The van der Waals surface area contributed by atoms with Crippen LogP contribution in [-0.2, 0) is 16.2 Å². The first-order valence-electron chi connectivity index (χ1n) is 10.7. The predicted octanol–water partition coefficient (Wildman–Crippen LogP) is 3.24. The minimum Gasteiger partial charge on any atom is -0.355 e. The highest BCUT2D eigenvalue weighted by atomic mass is 32.2. The van der Waals surface area contributed by atoms with Crippen molar-refractivity contribution >= 4 is 21.7 Å². The maximum Gasteiger partial charge on any atom is 0.416 e. The lowest BCUT2D eigenvalue weighted by atomic mass is 9.99. The summed E-state index contributed by atoms with van der Waals surface area (Å²) < 4.78 is 65.8. The Hall–Kier alpha value is -2.40. The smallest absolute Gasteiger partial charge is 0.355 e. The molecule has 2 aliphatic heterocycles. The number of benzene rings is 1. The fourth-order valence-corrected chi connectivity index (χ4v) is 5.50. The second kappa shape index (κ2) is 8.86. The van der Waals surface area contributed by atoms with Crippen LogP contribution in [0.1, 0.15) is 25.3 Å². The number of halogens is 3. The van der Waals surface area contributed by atoms with Crippen LogP contribution in [0.4, 0.5) is 24.8 Å². The zero-order valence-corrected chi connectivity index (χ0v) is 18.6. The quantitative estimate of drug-likeness (QED) is 0.685. The molecular formula is C21H26F3N5O2S. The molecule has 1 aromatic carbocycles. The summed E-state index contributed by atoms with van der Waals surface area (Å²) in [4.78, 5) is 3.81. The van der Waals surface area contributed by atoms with Gasteiger partial charge in [-0.05, 0) is 49.1 Å². The van der Waals surface area contributed by atoms with Crippen molar-refractivity contribution in [2.75, 3.05) is 49.1 Å². The highest BCUT2D eigenvalue weighted by Crippen LogP contribution is 2.31. The first-order valence-corrected chi connectivity index (χ1v) is 12.1. The summed E-state index contributed by atoms with van der Waals surface area (Å²) in [6.07, 6.45) is -2.33. The number of hydrogen-bond acceptors (Lipinski definition) is 6. The Morgan fingerprint density at radius 2 is 1.44 bits per heavy atom. The standard InChI is InChI=1S/C21H26F3N5O2S/c1-16-7-9-27(10-8-16)19-5-6-20(26-25-19)28-11-13-29(14-12-28)32(30,31)18-4-2-3-17(15-18)21(22,23)24/h2-6,15-16H,7-14H2,1H3. The fourth-order valence-electron chi connectivity index (χ4n) is 4.03. The van der Waals surface area contributed by atoms with Crippen LogP contribution in [0.25, 0.3) is 0 Å². The van der Waals surface area contributed by atoms with Gasteiger partial charge in [0.15, 0.2) is 11.6 Å². The lowest BCUT2D eigenvalue weighted by Gasteiger charge is -2.35. The molecule has 11 heteroatoms. The van der Waals surface area contributed by atoms with Crippen LogP contribution < -0.4 is 9.80 Å². The molecule has 0 bridgehead atoms. The molecule has 7 nitrogen and oxygen atoms in total. The van der Waals surface area contributed by atoms with Crippen molar-refractivity contribution in [2.45, 2.75) is 30.8 Å².